The van der Waals surface area contributed by atoms with E-state index < -0.39 is 23.3 Å². The third kappa shape index (κ3) is 7.31. The van der Waals surface area contributed by atoms with Crippen LogP contribution in [0, 0.1) is 5.82 Å². The summed E-state index contributed by atoms with van der Waals surface area (Å²) in [5.74, 6) is -4.35. The molecule has 0 saturated carbocycles. The molecule has 1 amide bonds. The SMILES string of the molecule is CCCC1(C2(c3ccc(F)cc3)OCCO2)CC(Oc2ccccc2)CCN1C(C)=O.CN.O=C(O)C(=O)O. The van der Waals surface area contributed by atoms with Crippen molar-refractivity contribution in [3.63, 3.8) is 0 Å². The predicted octanol–water partition coefficient (Wildman–Crippen LogP) is 3.38. The van der Waals surface area contributed by atoms with Gasteiger partial charge in [-0.05, 0) is 37.7 Å². The molecule has 11 heteroatoms. The number of carbonyl (C=O) groups excluding carboxylic acids is 1. The smallest absolute Gasteiger partial charge is 0.414 e. The normalized spacial score (nSPS) is 21.5. The summed E-state index contributed by atoms with van der Waals surface area (Å²) in [5.41, 5.74) is 4.46. The molecule has 4 rings (SSSR count). The number of carbonyl (C=O) groups is 3. The van der Waals surface area contributed by atoms with Crippen molar-refractivity contribution >= 4 is 17.8 Å². The molecule has 0 radical (unpaired) electrons. The Balaban J connectivity index is 0.000000590. The van der Waals surface area contributed by atoms with Crippen LogP contribution < -0.4 is 10.5 Å². The third-order valence-electron chi connectivity index (χ3n) is 6.56. The minimum absolute atomic E-state index is 0.0211. The Morgan fingerprint density at radius 2 is 1.59 bits per heavy atom. The Kier molecular flexibility index (Phi) is 11.8. The van der Waals surface area contributed by atoms with E-state index in [0.29, 0.717) is 32.6 Å². The molecular formula is C28H37FN2O8. The Morgan fingerprint density at radius 3 is 2.08 bits per heavy atom. The second kappa shape index (κ2) is 14.6. The van der Waals surface area contributed by atoms with Gasteiger partial charge >= 0.3 is 11.9 Å². The Hall–Kier alpha value is -3.54. The van der Waals surface area contributed by atoms with Crippen molar-refractivity contribution in [3.8, 4) is 5.75 Å². The molecule has 2 aliphatic rings. The summed E-state index contributed by atoms with van der Waals surface area (Å²) in [7, 11) is 1.50. The minimum Gasteiger partial charge on any atom is -0.490 e. The van der Waals surface area contributed by atoms with Gasteiger partial charge in [0, 0.05) is 31.9 Å². The van der Waals surface area contributed by atoms with E-state index in [0.717, 1.165) is 24.2 Å². The average molecular weight is 549 g/mol. The van der Waals surface area contributed by atoms with Crippen LogP contribution in [0.3, 0.4) is 0 Å². The highest BCUT2D eigenvalue weighted by Crippen LogP contribution is 2.52. The van der Waals surface area contributed by atoms with E-state index in [9.17, 15) is 9.18 Å². The number of likely N-dealkylation sites (tertiary alicyclic amines) is 1. The molecule has 214 valence electrons. The van der Waals surface area contributed by atoms with Gasteiger partial charge in [0.25, 0.3) is 0 Å². The number of carboxylic acids is 2. The van der Waals surface area contributed by atoms with Crippen molar-refractivity contribution in [3.05, 3.63) is 66.0 Å². The molecule has 2 heterocycles. The quantitative estimate of drug-likeness (QED) is 0.462. The second-order valence-electron chi connectivity index (χ2n) is 8.93. The molecule has 0 aliphatic carbocycles. The fourth-order valence-corrected chi connectivity index (χ4v) is 5.24. The minimum atomic E-state index is -1.82. The Bertz CT molecular complexity index is 1060. The van der Waals surface area contributed by atoms with E-state index in [1.54, 1.807) is 19.1 Å². The summed E-state index contributed by atoms with van der Waals surface area (Å²) in [6.07, 6.45) is 2.69. The Labute approximate surface area is 227 Å². The van der Waals surface area contributed by atoms with Gasteiger partial charge in [-0.15, -0.1) is 0 Å². The average Bonchev–Trinajstić information content (AvgIpc) is 3.43. The van der Waals surface area contributed by atoms with E-state index in [-0.39, 0.29) is 17.8 Å². The summed E-state index contributed by atoms with van der Waals surface area (Å²) in [6, 6.07) is 16.0. The number of benzene rings is 2. The molecule has 4 N–H and O–H groups in total. The van der Waals surface area contributed by atoms with Crippen molar-refractivity contribution < 1.29 is 43.2 Å². The molecule has 39 heavy (non-hydrogen) atoms. The van der Waals surface area contributed by atoms with Crippen molar-refractivity contribution in [2.45, 2.75) is 57.0 Å². The van der Waals surface area contributed by atoms with Gasteiger partial charge < -0.3 is 35.1 Å². The number of hydrogen-bond donors (Lipinski definition) is 3. The fourth-order valence-electron chi connectivity index (χ4n) is 5.24. The summed E-state index contributed by atoms with van der Waals surface area (Å²) in [6.45, 7) is 5.06. The van der Waals surface area contributed by atoms with Crippen molar-refractivity contribution in [1.29, 1.82) is 0 Å². The number of nitrogens with two attached hydrogens (primary N) is 1. The maximum atomic E-state index is 13.7. The van der Waals surface area contributed by atoms with Crippen molar-refractivity contribution in [2.24, 2.45) is 5.73 Å². The first-order valence-corrected chi connectivity index (χ1v) is 12.7. The van der Waals surface area contributed by atoms with Gasteiger partial charge in [0.1, 0.15) is 23.2 Å². The molecule has 0 spiro atoms. The van der Waals surface area contributed by atoms with Gasteiger partial charge in [0.2, 0.25) is 11.7 Å². The molecule has 0 bridgehead atoms. The number of para-hydroxylation sites is 1. The van der Waals surface area contributed by atoms with Crippen LogP contribution in [0.2, 0.25) is 0 Å². The molecule has 10 nitrogen and oxygen atoms in total. The van der Waals surface area contributed by atoms with Gasteiger partial charge in [-0.3, -0.25) is 4.79 Å². The van der Waals surface area contributed by atoms with Crippen LogP contribution in [0.15, 0.2) is 54.6 Å². The summed E-state index contributed by atoms with van der Waals surface area (Å²) >= 11 is 0. The van der Waals surface area contributed by atoms with Crippen LogP contribution in [0.4, 0.5) is 4.39 Å². The second-order valence-corrected chi connectivity index (χ2v) is 8.93. The molecule has 2 atom stereocenters. The molecular weight excluding hydrogens is 511 g/mol. The first-order valence-electron chi connectivity index (χ1n) is 12.7. The predicted molar refractivity (Wildman–Crippen MR) is 140 cm³/mol. The lowest BCUT2D eigenvalue weighted by atomic mass is 9.72. The molecule has 2 unspecified atom stereocenters. The Morgan fingerprint density at radius 1 is 1.03 bits per heavy atom. The molecule has 0 aromatic heterocycles. The van der Waals surface area contributed by atoms with E-state index in [1.165, 1.54) is 19.2 Å². The number of halogens is 1. The van der Waals surface area contributed by atoms with Gasteiger partial charge in [-0.25, -0.2) is 14.0 Å². The van der Waals surface area contributed by atoms with Gasteiger partial charge in [0.15, 0.2) is 0 Å². The maximum absolute atomic E-state index is 13.7. The van der Waals surface area contributed by atoms with Crippen LogP contribution in [-0.4, -0.2) is 71.4 Å². The lowest BCUT2D eigenvalue weighted by Gasteiger charge is -2.56. The molecule has 2 aliphatic heterocycles. The largest absolute Gasteiger partial charge is 0.490 e. The molecule has 2 fully saturated rings. The van der Waals surface area contributed by atoms with Crippen LogP contribution >= 0.6 is 0 Å². The number of amides is 1. The fraction of sp³-hybridized carbons (Fsp3) is 0.464. The molecule has 2 aromatic carbocycles. The first-order chi connectivity index (χ1) is 18.6. The topological polar surface area (TPSA) is 149 Å². The number of rotatable bonds is 6. The summed E-state index contributed by atoms with van der Waals surface area (Å²) in [5, 5.41) is 14.8. The van der Waals surface area contributed by atoms with Crippen LogP contribution in [0.25, 0.3) is 0 Å². The van der Waals surface area contributed by atoms with Crippen molar-refractivity contribution in [2.75, 3.05) is 26.8 Å². The van der Waals surface area contributed by atoms with E-state index in [4.69, 9.17) is 34.0 Å². The highest BCUT2D eigenvalue weighted by atomic mass is 19.1. The number of ether oxygens (including phenoxy) is 3. The number of hydrogen-bond acceptors (Lipinski definition) is 7. The number of piperidine rings is 1. The lowest BCUT2D eigenvalue weighted by molar-refractivity contribution is -0.268. The standard InChI is InChI=1S/C25H30FNO4.C2H2O4.CH5N/c1-3-14-24(25(29-16-17-30-25)20-9-11-21(26)12-10-20)18-23(13-15-27(24)19(2)28)31-22-7-5-4-6-8-22;3-1(4)2(5)6;1-2/h4-12,23H,3,13-18H2,1-2H3;(H,3,4)(H,5,6);2H2,1H3. The van der Waals surface area contributed by atoms with Gasteiger partial charge in [0.05, 0.1) is 13.2 Å². The zero-order valence-corrected chi connectivity index (χ0v) is 22.5. The summed E-state index contributed by atoms with van der Waals surface area (Å²) in [4.78, 5) is 33.0. The number of nitrogens with zero attached hydrogens (tertiary/aromatic N) is 1. The monoisotopic (exact) mass is 548 g/mol. The van der Waals surface area contributed by atoms with Gasteiger partial charge in [-0.2, -0.15) is 0 Å². The zero-order chi connectivity index (χ0) is 29.1. The molecule has 2 aromatic rings. The van der Waals surface area contributed by atoms with Gasteiger partial charge in [-0.1, -0.05) is 43.7 Å². The van der Waals surface area contributed by atoms with E-state index in [2.05, 4.69) is 12.7 Å². The van der Waals surface area contributed by atoms with Crippen molar-refractivity contribution in [1.82, 2.24) is 4.90 Å². The zero-order valence-electron chi connectivity index (χ0n) is 22.5. The highest BCUT2D eigenvalue weighted by Gasteiger charge is 2.62. The molecule has 2 saturated heterocycles. The maximum Gasteiger partial charge on any atom is 0.414 e. The first kappa shape index (κ1) is 31.7. The summed E-state index contributed by atoms with van der Waals surface area (Å²) < 4.78 is 32.8. The lowest BCUT2D eigenvalue weighted by Crippen LogP contribution is -2.68. The van der Waals surface area contributed by atoms with E-state index in [1.807, 2.05) is 35.2 Å². The highest BCUT2D eigenvalue weighted by molar-refractivity contribution is 6.27. The van der Waals surface area contributed by atoms with Crippen LogP contribution in [0.5, 0.6) is 5.75 Å². The van der Waals surface area contributed by atoms with Crippen LogP contribution in [-0.2, 0) is 29.6 Å². The third-order valence-corrected chi connectivity index (χ3v) is 6.56. The van der Waals surface area contributed by atoms with Crippen LogP contribution in [0.1, 0.15) is 45.1 Å². The number of carboxylic acid groups (broad SMARTS) is 2. The van der Waals surface area contributed by atoms with E-state index >= 15 is 0 Å². The number of aliphatic carboxylic acids is 2.